The maximum absolute atomic E-state index is 11.7. The van der Waals surface area contributed by atoms with E-state index in [1.54, 1.807) is 0 Å². The van der Waals surface area contributed by atoms with E-state index >= 15 is 0 Å². The van der Waals surface area contributed by atoms with Crippen molar-refractivity contribution in [3.63, 3.8) is 0 Å². The molecule has 0 aromatic carbocycles. The van der Waals surface area contributed by atoms with E-state index in [1.165, 1.54) is 12.8 Å². The number of nitrogens with zero attached hydrogens (tertiary/aromatic N) is 1. The highest BCUT2D eigenvalue weighted by Gasteiger charge is 2.26. The molecule has 2 rings (SSSR count). The molecular weight excluding hydrogens is 236 g/mol. The van der Waals surface area contributed by atoms with E-state index < -0.39 is 9.84 Å². The Hall–Kier alpha value is -0.130. The van der Waals surface area contributed by atoms with Gasteiger partial charge in [-0.15, -0.1) is 0 Å². The van der Waals surface area contributed by atoms with Gasteiger partial charge in [0.2, 0.25) is 0 Å². The molecule has 2 unspecified atom stereocenters. The molecule has 0 aromatic heterocycles. The number of hydrogen-bond acceptors (Lipinski definition) is 4. The minimum atomic E-state index is -2.80. The Morgan fingerprint density at radius 2 is 2.24 bits per heavy atom. The van der Waals surface area contributed by atoms with Gasteiger partial charge >= 0.3 is 0 Å². The van der Waals surface area contributed by atoms with E-state index in [9.17, 15) is 8.42 Å². The summed E-state index contributed by atoms with van der Waals surface area (Å²) in [6.07, 6.45) is 2.54. The molecule has 0 spiro atoms. The van der Waals surface area contributed by atoms with Crippen LogP contribution < -0.4 is 5.32 Å². The van der Waals surface area contributed by atoms with Crippen molar-refractivity contribution in [1.29, 1.82) is 0 Å². The van der Waals surface area contributed by atoms with Gasteiger partial charge in [0.05, 0.1) is 11.5 Å². The van der Waals surface area contributed by atoms with E-state index in [2.05, 4.69) is 17.1 Å². The largest absolute Gasteiger partial charge is 0.316 e. The highest BCUT2D eigenvalue weighted by atomic mass is 32.2. The van der Waals surface area contributed by atoms with Crippen molar-refractivity contribution < 1.29 is 8.42 Å². The molecule has 1 N–H and O–H groups in total. The van der Waals surface area contributed by atoms with E-state index in [0.29, 0.717) is 17.4 Å². The monoisotopic (exact) mass is 260 g/mol. The molecule has 0 aliphatic carbocycles. The molecule has 2 aliphatic rings. The van der Waals surface area contributed by atoms with Crippen molar-refractivity contribution in [1.82, 2.24) is 10.2 Å². The number of nitrogens with one attached hydrogen (secondary N) is 1. The normalized spacial score (nSPS) is 35.4. The van der Waals surface area contributed by atoms with Crippen LogP contribution in [0.4, 0.5) is 0 Å². The van der Waals surface area contributed by atoms with Gasteiger partial charge in [0.15, 0.2) is 9.84 Å². The second-order valence-corrected chi connectivity index (χ2v) is 7.92. The average Bonchev–Trinajstić information content (AvgIpc) is 2.38. The van der Waals surface area contributed by atoms with E-state index in [1.807, 2.05) is 0 Å². The zero-order valence-electron chi connectivity index (χ0n) is 10.7. The van der Waals surface area contributed by atoms with Gasteiger partial charge in [0.1, 0.15) is 0 Å². The summed E-state index contributed by atoms with van der Waals surface area (Å²) in [6.45, 7) is 7.01. The molecule has 0 bridgehead atoms. The first-order valence-corrected chi connectivity index (χ1v) is 8.51. The van der Waals surface area contributed by atoms with Crippen molar-refractivity contribution in [2.24, 2.45) is 11.8 Å². The molecule has 0 saturated carbocycles. The van der Waals surface area contributed by atoms with E-state index in [-0.39, 0.29) is 5.92 Å². The molecule has 17 heavy (non-hydrogen) atoms. The van der Waals surface area contributed by atoms with Gasteiger partial charge < -0.3 is 10.2 Å². The summed E-state index contributed by atoms with van der Waals surface area (Å²) in [5.74, 6) is 1.69. The first-order valence-electron chi connectivity index (χ1n) is 6.69. The standard InChI is InChI=1S/C12H24N2O2S/c1-11-8-14(5-6-17(15,16)10-11)9-12-3-2-4-13-7-12/h11-13H,2-10H2,1H3. The van der Waals surface area contributed by atoms with Gasteiger partial charge in [0.25, 0.3) is 0 Å². The van der Waals surface area contributed by atoms with Crippen LogP contribution in [0.5, 0.6) is 0 Å². The lowest BCUT2D eigenvalue weighted by Crippen LogP contribution is -2.40. The predicted octanol–water partition coefficient (Wildman–Crippen LogP) is 0.353. The molecule has 2 atom stereocenters. The maximum atomic E-state index is 11.7. The lowest BCUT2D eigenvalue weighted by Gasteiger charge is -2.29. The number of piperidine rings is 1. The van der Waals surface area contributed by atoms with Gasteiger partial charge in [-0.25, -0.2) is 8.42 Å². The van der Waals surface area contributed by atoms with Crippen LogP contribution in [-0.4, -0.2) is 57.5 Å². The van der Waals surface area contributed by atoms with Crippen LogP contribution in [0.3, 0.4) is 0 Å². The quantitative estimate of drug-likeness (QED) is 0.778. The Kier molecular flexibility index (Phi) is 4.44. The first kappa shape index (κ1) is 13.3. The van der Waals surface area contributed by atoms with Crippen LogP contribution in [0.25, 0.3) is 0 Å². The van der Waals surface area contributed by atoms with Crippen LogP contribution >= 0.6 is 0 Å². The van der Waals surface area contributed by atoms with Crippen molar-refractivity contribution in [2.45, 2.75) is 19.8 Å². The Morgan fingerprint density at radius 3 is 2.94 bits per heavy atom. The first-order chi connectivity index (χ1) is 8.05. The van der Waals surface area contributed by atoms with Gasteiger partial charge in [-0.3, -0.25) is 0 Å². The Morgan fingerprint density at radius 1 is 1.41 bits per heavy atom. The van der Waals surface area contributed by atoms with Gasteiger partial charge in [-0.1, -0.05) is 6.92 Å². The minimum Gasteiger partial charge on any atom is -0.316 e. The summed E-state index contributed by atoms with van der Waals surface area (Å²) in [7, 11) is -2.80. The third-order valence-corrected chi connectivity index (χ3v) is 5.62. The van der Waals surface area contributed by atoms with E-state index in [4.69, 9.17) is 0 Å². The third kappa shape index (κ3) is 4.23. The molecule has 0 radical (unpaired) electrons. The van der Waals surface area contributed by atoms with Crippen LogP contribution in [0.1, 0.15) is 19.8 Å². The zero-order valence-corrected chi connectivity index (χ0v) is 11.5. The summed E-state index contributed by atoms with van der Waals surface area (Å²) < 4.78 is 23.4. The molecule has 2 saturated heterocycles. The second kappa shape index (κ2) is 5.67. The molecule has 2 fully saturated rings. The number of sulfone groups is 1. The molecule has 4 nitrogen and oxygen atoms in total. The molecule has 0 aromatic rings. The van der Waals surface area contributed by atoms with Gasteiger partial charge in [-0.05, 0) is 37.8 Å². The Balaban J connectivity index is 1.88. The topological polar surface area (TPSA) is 49.4 Å². The Labute approximate surface area is 105 Å². The number of hydrogen-bond donors (Lipinski definition) is 1. The number of rotatable bonds is 2. The zero-order chi connectivity index (χ0) is 12.3. The fourth-order valence-electron chi connectivity index (χ4n) is 2.98. The van der Waals surface area contributed by atoms with Crippen LogP contribution in [0.2, 0.25) is 0 Å². The van der Waals surface area contributed by atoms with E-state index in [0.717, 1.165) is 32.7 Å². The maximum Gasteiger partial charge on any atom is 0.151 e. The van der Waals surface area contributed by atoms with Crippen LogP contribution in [0.15, 0.2) is 0 Å². The summed E-state index contributed by atoms with van der Waals surface area (Å²) in [6, 6.07) is 0. The van der Waals surface area contributed by atoms with Crippen molar-refractivity contribution >= 4 is 9.84 Å². The van der Waals surface area contributed by atoms with Crippen molar-refractivity contribution in [3.8, 4) is 0 Å². The fourth-order valence-corrected chi connectivity index (χ4v) is 4.66. The van der Waals surface area contributed by atoms with Crippen LogP contribution in [0, 0.1) is 11.8 Å². The SMILES string of the molecule is CC1CN(CC2CCCNC2)CCS(=O)(=O)C1. The molecule has 100 valence electrons. The fraction of sp³-hybridized carbons (Fsp3) is 1.00. The summed E-state index contributed by atoms with van der Waals surface area (Å²) in [5.41, 5.74) is 0. The molecule has 5 heteroatoms. The molecule has 2 heterocycles. The van der Waals surface area contributed by atoms with Crippen molar-refractivity contribution in [3.05, 3.63) is 0 Å². The lowest BCUT2D eigenvalue weighted by molar-refractivity contribution is 0.203. The summed E-state index contributed by atoms with van der Waals surface area (Å²) in [4.78, 5) is 2.35. The third-order valence-electron chi connectivity index (χ3n) is 3.74. The molecule has 2 aliphatic heterocycles. The highest BCUT2D eigenvalue weighted by molar-refractivity contribution is 7.91. The second-order valence-electron chi connectivity index (χ2n) is 5.69. The van der Waals surface area contributed by atoms with Crippen molar-refractivity contribution in [2.75, 3.05) is 44.2 Å². The van der Waals surface area contributed by atoms with Gasteiger partial charge in [-0.2, -0.15) is 0 Å². The molecule has 0 amide bonds. The van der Waals surface area contributed by atoms with Gasteiger partial charge in [0, 0.05) is 19.6 Å². The average molecular weight is 260 g/mol. The summed E-state index contributed by atoms with van der Waals surface area (Å²) >= 11 is 0. The molecular formula is C12H24N2O2S. The summed E-state index contributed by atoms with van der Waals surface area (Å²) in [5, 5.41) is 3.42. The smallest absolute Gasteiger partial charge is 0.151 e. The van der Waals surface area contributed by atoms with Crippen LogP contribution in [-0.2, 0) is 9.84 Å². The minimum absolute atomic E-state index is 0.277. The predicted molar refractivity (Wildman–Crippen MR) is 69.9 cm³/mol. The lowest BCUT2D eigenvalue weighted by atomic mass is 9.98. The highest BCUT2D eigenvalue weighted by Crippen LogP contribution is 2.16. The Bertz CT molecular complexity index is 336.